The standard InChI is InChI=1S/C14H27NO5/c1-5-6-7-10(11(16)8-9-12(17)18)15-13(19)20-14(2,3)4/h10-11,16H,5-9H2,1-4H3,(H,15,19)(H,17,18)/t10-,11+/m0/s1. The molecule has 0 aliphatic carbocycles. The molecule has 6 heteroatoms. The monoisotopic (exact) mass is 289 g/mol. The van der Waals surface area contributed by atoms with E-state index < -0.39 is 29.8 Å². The Hall–Kier alpha value is -1.30. The van der Waals surface area contributed by atoms with Crippen molar-refractivity contribution in [3.05, 3.63) is 0 Å². The number of carboxylic acid groups (broad SMARTS) is 1. The lowest BCUT2D eigenvalue weighted by atomic mass is 10.0. The first-order chi connectivity index (χ1) is 9.15. The highest BCUT2D eigenvalue weighted by Gasteiger charge is 2.24. The highest BCUT2D eigenvalue weighted by atomic mass is 16.6. The van der Waals surface area contributed by atoms with Crippen LogP contribution in [0.5, 0.6) is 0 Å². The maximum Gasteiger partial charge on any atom is 0.407 e. The van der Waals surface area contributed by atoms with Crippen LogP contribution in [0.15, 0.2) is 0 Å². The number of aliphatic carboxylic acids is 1. The fourth-order valence-corrected chi connectivity index (χ4v) is 1.72. The van der Waals surface area contributed by atoms with Crippen molar-refractivity contribution in [2.75, 3.05) is 0 Å². The molecule has 0 spiro atoms. The maximum absolute atomic E-state index is 11.7. The molecule has 0 unspecified atom stereocenters. The van der Waals surface area contributed by atoms with Crippen molar-refractivity contribution in [1.82, 2.24) is 5.32 Å². The zero-order chi connectivity index (χ0) is 15.8. The van der Waals surface area contributed by atoms with E-state index in [9.17, 15) is 14.7 Å². The zero-order valence-electron chi connectivity index (χ0n) is 12.8. The molecule has 0 aliphatic rings. The SMILES string of the molecule is CCCC[C@H](NC(=O)OC(C)(C)C)[C@H](O)CCC(=O)O. The van der Waals surface area contributed by atoms with Gasteiger partial charge in [-0.25, -0.2) is 4.79 Å². The normalized spacial score (nSPS) is 14.4. The first kappa shape index (κ1) is 18.7. The van der Waals surface area contributed by atoms with Crippen LogP contribution in [0.4, 0.5) is 4.79 Å². The highest BCUT2D eigenvalue weighted by molar-refractivity contribution is 5.68. The smallest absolute Gasteiger partial charge is 0.407 e. The number of carboxylic acids is 1. The third-order valence-electron chi connectivity index (χ3n) is 2.69. The first-order valence-corrected chi connectivity index (χ1v) is 7.05. The number of hydrogen-bond acceptors (Lipinski definition) is 4. The third-order valence-corrected chi connectivity index (χ3v) is 2.69. The molecule has 118 valence electrons. The average molecular weight is 289 g/mol. The summed E-state index contributed by atoms with van der Waals surface area (Å²) in [7, 11) is 0. The third kappa shape index (κ3) is 9.61. The van der Waals surface area contributed by atoms with E-state index in [1.165, 1.54) is 0 Å². The van der Waals surface area contributed by atoms with Gasteiger partial charge in [-0.3, -0.25) is 4.79 Å². The predicted octanol–water partition coefficient (Wildman–Crippen LogP) is 2.30. The molecule has 0 aromatic carbocycles. The van der Waals surface area contributed by atoms with Crippen LogP contribution in [0.1, 0.15) is 59.8 Å². The Bertz CT molecular complexity index is 311. The topological polar surface area (TPSA) is 95.9 Å². The average Bonchev–Trinajstić information content (AvgIpc) is 2.28. The minimum atomic E-state index is -0.962. The second kappa shape index (κ2) is 8.79. The van der Waals surface area contributed by atoms with E-state index in [4.69, 9.17) is 9.84 Å². The molecule has 0 saturated carbocycles. The molecule has 0 saturated heterocycles. The summed E-state index contributed by atoms with van der Waals surface area (Å²) in [6, 6.07) is -0.482. The number of carbonyl (C=O) groups is 2. The van der Waals surface area contributed by atoms with Crippen molar-refractivity contribution in [2.24, 2.45) is 0 Å². The first-order valence-electron chi connectivity index (χ1n) is 7.05. The molecule has 2 atom stereocenters. The van der Waals surface area contributed by atoms with Crippen LogP contribution in [0.25, 0.3) is 0 Å². The summed E-state index contributed by atoms with van der Waals surface area (Å²) in [4.78, 5) is 22.2. The van der Waals surface area contributed by atoms with Crippen molar-refractivity contribution < 1.29 is 24.5 Å². The Balaban J connectivity index is 4.46. The van der Waals surface area contributed by atoms with E-state index in [2.05, 4.69) is 5.32 Å². The van der Waals surface area contributed by atoms with E-state index in [0.717, 1.165) is 12.8 Å². The number of aliphatic hydroxyl groups is 1. The highest BCUT2D eigenvalue weighted by Crippen LogP contribution is 2.12. The number of amides is 1. The summed E-state index contributed by atoms with van der Waals surface area (Å²) in [6.07, 6.45) is 0.872. The lowest BCUT2D eigenvalue weighted by Crippen LogP contribution is -2.45. The lowest BCUT2D eigenvalue weighted by Gasteiger charge is -2.26. The summed E-state index contributed by atoms with van der Waals surface area (Å²) >= 11 is 0. The number of aliphatic hydroxyl groups excluding tert-OH is 1. The van der Waals surface area contributed by atoms with Gasteiger partial charge in [0, 0.05) is 6.42 Å². The number of unbranched alkanes of at least 4 members (excludes halogenated alkanes) is 1. The van der Waals surface area contributed by atoms with Gasteiger partial charge in [-0.15, -0.1) is 0 Å². The maximum atomic E-state index is 11.7. The molecule has 20 heavy (non-hydrogen) atoms. The van der Waals surface area contributed by atoms with Crippen molar-refractivity contribution in [2.45, 2.75) is 77.5 Å². The van der Waals surface area contributed by atoms with E-state index in [-0.39, 0.29) is 12.8 Å². The fraction of sp³-hybridized carbons (Fsp3) is 0.857. The number of rotatable bonds is 8. The fourth-order valence-electron chi connectivity index (χ4n) is 1.72. The van der Waals surface area contributed by atoms with Gasteiger partial charge in [-0.2, -0.15) is 0 Å². The Labute approximate surface area is 120 Å². The van der Waals surface area contributed by atoms with Crippen LogP contribution in [-0.2, 0) is 9.53 Å². The van der Waals surface area contributed by atoms with Crippen LogP contribution < -0.4 is 5.32 Å². The summed E-state index contributed by atoms with van der Waals surface area (Å²) in [5.74, 6) is -0.962. The largest absolute Gasteiger partial charge is 0.481 e. The van der Waals surface area contributed by atoms with Gasteiger partial charge < -0.3 is 20.3 Å². The van der Waals surface area contributed by atoms with Crippen LogP contribution in [-0.4, -0.2) is 40.0 Å². The zero-order valence-corrected chi connectivity index (χ0v) is 12.8. The molecule has 0 aromatic heterocycles. The van der Waals surface area contributed by atoms with Crippen LogP contribution in [0.3, 0.4) is 0 Å². The quantitative estimate of drug-likeness (QED) is 0.637. The van der Waals surface area contributed by atoms with Crippen molar-refractivity contribution in [3.63, 3.8) is 0 Å². The van der Waals surface area contributed by atoms with E-state index in [0.29, 0.717) is 6.42 Å². The lowest BCUT2D eigenvalue weighted by molar-refractivity contribution is -0.137. The number of ether oxygens (including phenoxy) is 1. The molecular formula is C14H27NO5. The second-order valence-corrected chi connectivity index (χ2v) is 5.89. The van der Waals surface area contributed by atoms with Gasteiger partial charge >= 0.3 is 12.1 Å². The molecule has 0 rings (SSSR count). The minimum absolute atomic E-state index is 0.111. The van der Waals surface area contributed by atoms with Crippen LogP contribution >= 0.6 is 0 Å². The Morgan fingerprint density at radius 2 is 1.85 bits per heavy atom. The molecule has 0 bridgehead atoms. The minimum Gasteiger partial charge on any atom is -0.481 e. The van der Waals surface area contributed by atoms with Crippen molar-refractivity contribution >= 4 is 12.1 Å². The van der Waals surface area contributed by atoms with E-state index in [1.54, 1.807) is 20.8 Å². The summed E-state index contributed by atoms with van der Waals surface area (Å²) in [5, 5.41) is 21.3. The van der Waals surface area contributed by atoms with E-state index >= 15 is 0 Å². The number of carbonyl (C=O) groups excluding carboxylic acids is 1. The Morgan fingerprint density at radius 3 is 2.30 bits per heavy atom. The molecule has 0 heterocycles. The van der Waals surface area contributed by atoms with Gasteiger partial charge in [0.2, 0.25) is 0 Å². The summed E-state index contributed by atoms with van der Waals surface area (Å²) in [6.45, 7) is 7.28. The molecule has 3 N–H and O–H groups in total. The molecule has 0 aromatic rings. The Morgan fingerprint density at radius 1 is 1.25 bits per heavy atom. The van der Waals surface area contributed by atoms with Gasteiger partial charge in [0.1, 0.15) is 5.60 Å². The predicted molar refractivity (Wildman–Crippen MR) is 75.6 cm³/mol. The van der Waals surface area contributed by atoms with Gasteiger partial charge in [0.15, 0.2) is 0 Å². The molecule has 0 aliphatic heterocycles. The van der Waals surface area contributed by atoms with Gasteiger partial charge in [0.05, 0.1) is 12.1 Å². The molecule has 0 radical (unpaired) electrons. The summed E-state index contributed by atoms with van der Waals surface area (Å²) in [5.41, 5.74) is -0.606. The van der Waals surface area contributed by atoms with E-state index in [1.807, 2.05) is 6.92 Å². The van der Waals surface area contributed by atoms with Crippen molar-refractivity contribution in [1.29, 1.82) is 0 Å². The van der Waals surface area contributed by atoms with Crippen LogP contribution in [0.2, 0.25) is 0 Å². The summed E-state index contributed by atoms with van der Waals surface area (Å²) < 4.78 is 5.15. The molecule has 6 nitrogen and oxygen atoms in total. The molecular weight excluding hydrogens is 262 g/mol. The van der Waals surface area contributed by atoms with Gasteiger partial charge in [0.25, 0.3) is 0 Å². The second-order valence-electron chi connectivity index (χ2n) is 5.89. The molecule has 1 amide bonds. The van der Waals surface area contributed by atoms with Crippen LogP contribution in [0, 0.1) is 0 Å². The number of alkyl carbamates (subject to hydrolysis) is 1. The molecule has 0 fully saturated rings. The van der Waals surface area contributed by atoms with Gasteiger partial charge in [-0.1, -0.05) is 19.8 Å². The Kier molecular flexibility index (Phi) is 8.22. The number of hydrogen-bond donors (Lipinski definition) is 3. The van der Waals surface area contributed by atoms with Gasteiger partial charge in [-0.05, 0) is 33.6 Å². The van der Waals surface area contributed by atoms with Crippen molar-refractivity contribution in [3.8, 4) is 0 Å². The number of nitrogens with one attached hydrogen (secondary N) is 1.